The predicted octanol–water partition coefficient (Wildman–Crippen LogP) is 4.24. The molecule has 3 nitrogen and oxygen atoms in total. The Bertz CT molecular complexity index is 337. The van der Waals surface area contributed by atoms with Crippen LogP contribution in [0, 0.1) is 5.92 Å². The van der Waals surface area contributed by atoms with Crippen molar-refractivity contribution < 1.29 is 0 Å². The van der Waals surface area contributed by atoms with E-state index in [1.165, 1.54) is 44.9 Å². The molecule has 102 valence electrons. The molecule has 0 saturated heterocycles. The van der Waals surface area contributed by atoms with E-state index in [0.717, 1.165) is 18.4 Å². The van der Waals surface area contributed by atoms with E-state index < -0.39 is 0 Å². The quantitative estimate of drug-likeness (QED) is 0.733. The molecule has 2 rings (SSSR count). The summed E-state index contributed by atoms with van der Waals surface area (Å²) in [5.74, 6) is 1.90. The van der Waals surface area contributed by atoms with Gasteiger partial charge in [0, 0.05) is 25.0 Å². The molecular formula is C15H27N3. The summed E-state index contributed by atoms with van der Waals surface area (Å²) < 4.78 is 2.34. The molecule has 0 aromatic carbocycles. The summed E-state index contributed by atoms with van der Waals surface area (Å²) in [5, 5.41) is 3.50. The average Bonchev–Trinajstić information content (AvgIpc) is 2.97. The second-order valence-electron chi connectivity index (χ2n) is 5.91. The van der Waals surface area contributed by atoms with Crippen molar-refractivity contribution in [3.63, 3.8) is 0 Å². The van der Waals surface area contributed by atoms with Gasteiger partial charge < -0.3 is 9.88 Å². The standard InChI is InChI=1S/C15H27N3/c1-13(2)7-5-6-10-16-15-17-11-12-18(15)14-8-3-4-9-14/h11-14H,3-10H2,1-2H3,(H,16,17). The van der Waals surface area contributed by atoms with E-state index in [-0.39, 0.29) is 0 Å². The largest absolute Gasteiger partial charge is 0.356 e. The van der Waals surface area contributed by atoms with Crippen LogP contribution in [-0.2, 0) is 0 Å². The number of anilines is 1. The average molecular weight is 249 g/mol. The molecule has 0 bridgehead atoms. The van der Waals surface area contributed by atoms with E-state index in [2.05, 4.69) is 34.9 Å². The third-order valence-electron chi connectivity index (χ3n) is 3.88. The van der Waals surface area contributed by atoms with Gasteiger partial charge >= 0.3 is 0 Å². The number of rotatable bonds is 7. The Labute approximate surface area is 111 Å². The van der Waals surface area contributed by atoms with Gasteiger partial charge in [-0.15, -0.1) is 0 Å². The monoisotopic (exact) mass is 249 g/mol. The number of hydrogen-bond acceptors (Lipinski definition) is 2. The lowest BCUT2D eigenvalue weighted by molar-refractivity contribution is 0.519. The van der Waals surface area contributed by atoms with E-state index >= 15 is 0 Å². The first-order chi connectivity index (χ1) is 8.77. The van der Waals surface area contributed by atoms with Crippen molar-refractivity contribution in [2.24, 2.45) is 5.92 Å². The first-order valence-electron chi connectivity index (χ1n) is 7.54. The zero-order valence-corrected chi connectivity index (χ0v) is 11.9. The lowest BCUT2D eigenvalue weighted by atomic mass is 10.1. The zero-order chi connectivity index (χ0) is 12.8. The second kappa shape index (κ2) is 6.81. The highest BCUT2D eigenvalue weighted by Gasteiger charge is 2.18. The maximum absolute atomic E-state index is 4.45. The van der Waals surface area contributed by atoms with Gasteiger partial charge in [-0.1, -0.05) is 39.5 Å². The minimum Gasteiger partial charge on any atom is -0.356 e. The van der Waals surface area contributed by atoms with Crippen LogP contribution in [0.15, 0.2) is 12.4 Å². The first kappa shape index (κ1) is 13.4. The molecule has 3 heteroatoms. The third-order valence-corrected chi connectivity index (χ3v) is 3.88. The van der Waals surface area contributed by atoms with Crippen LogP contribution in [0.4, 0.5) is 5.95 Å². The highest BCUT2D eigenvalue weighted by Crippen LogP contribution is 2.31. The summed E-state index contributed by atoms with van der Waals surface area (Å²) >= 11 is 0. The van der Waals surface area contributed by atoms with Gasteiger partial charge in [0.1, 0.15) is 0 Å². The van der Waals surface area contributed by atoms with Crippen molar-refractivity contribution in [2.45, 2.75) is 64.8 Å². The molecule has 1 fully saturated rings. The van der Waals surface area contributed by atoms with Crippen LogP contribution in [-0.4, -0.2) is 16.1 Å². The maximum Gasteiger partial charge on any atom is 0.203 e. The van der Waals surface area contributed by atoms with E-state index in [4.69, 9.17) is 0 Å². The fourth-order valence-corrected chi connectivity index (χ4v) is 2.80. The zero-order valence-electron chi connectivity index (χ0n) is 11.9. The van der Waals surface area contributed by atoms with Crippen molar-refractivity contribution in [3.05, 3.63) is 12.4 Å². The van der Waals surface area contributed by atoms with E-state index in [9.17, 15) is 0 Å². The fourth-order valence-electron chi connectivity index (χ4n) is 2.80. The van der Waals surface area contributed by atoms with Gasteiger partial charge in [0.15, 0.2) is 0 Å². The molecule has 18 heavy (non-hydrogen) atoms. The van der Waals surface area contributed by atoms with E-state index in [1.807, 2.05) is 6.20 Å². The Balaban J connectivity index is 1.74. The molecule has 1 aliphatic rings. The smallest absolute Gasteiger partial charge is 0.203 e. The van der Waals surface area contributed by atoms with E-state index in [1.54, 1.807) is 0 Å². The third kappa shape index (κ3) is 3.76. The highest BCUT2D eigenvalue weighted by atomic mass is 15.2. The molecule has 1 heterocycles. The maximum atomic E-state index is 4.45. The van der Waals surface area contributed by atoms with Gasteiger partial charge in [-0.2, -0.15) is 0 Å². The van der Waals surface area contributed by atoms with Crippen molar-refractivity contribution in [1.82, 2.24) is 9.55 Å². The lowest BCUT2D eigenvalue weighted by Crippen LogP contribution is -2.11. The number of aromatic nitrogens is 2. The predicted molar refractivity (Wildman–Crippen MR) is 76.9 cm³/mol. The normalized spacial score (nSPS) is 16.6. The second-order valence-corrected chi connectivity index (χ2v) is 5.91. The number of imidazole rings is 1. The Kier molecular flexibility index (Phi) is 5.09. The van der Waals surface area contributed by atoms with E-state index in [0.29, 0.717) is 6.04 Å². The number of nitrogens with one attached hydrogen (secondary N) is 1. The van der Waals surface area contributed by atoms with Crippen LogP contribution < -0.4 is 5.32 Å². The van der Waals surface area contributed by atoms with Crippen LogP contribution in [0.2, 0.25) is 0 Å². The molecule has 0 atom stereocenters. The molecule has 0 aliphatic heterocycles. The Morgan fingerprint density at radius 2 is 2.11 bits per heavy atom. The van der Waals surface area contributed by atoms with Gasteiger partial charge in [-0.05, 0) is 25.2 Å². The summed E-state index contributed by atoms with van der Waals surface area (Å²) in [5.41, 5.74) is 0. The van der Waals surface area contributed by atoms with Gasteiger partial charge in [-0.25, -0.2) is 4.98 Å². The van der Waals surface area contributed by atoms with Gasteiger partial charge in [0.25, 0.3) is 0 Å². The topological polar surface area (TPSA) is 29.9 Å². The van der Waals surface area contributed by atoms with Crippen LogP contribution in [0.1, 0.15) is 64.8 Å². The minimum absolute atomic E-state index is 0.686. The van der Waals surface area contributed by atoms with Gasteiger partial charge in [-0.3, -0.25) is 0 Å². The number of unbranched alkanes of at least 4 members (excludes halogenated alkanes) is 1. The Morgan fingerprint density at radius 3 is 2.83 bits per heavy atom. The Hall–Kier alpha value is -0.990. The molecule has 1 aromatic heterocycles. The molecule has 1 aliphatic carbocycles. The summed E-state index contributed by atoms with van der Waals surface area (Å²) in [6.45, 7) is 5.64. The number of hydrogen-bond donors (Lipinski definition) is 1. The molecule has 0 spiro atoms. The van der Waals surface area contributed by atoms with Crippen molar-refractivity contribution in [3.8, 4) is 0 Å². The summed E-state index contributed by atoms with van der Waals surface area (Å²) in [6, 6.07) is 0.686. The molecular weight excluding hydrogens is 222 g/mol. The van der Waals surface area contributed by atoms with Crippen molar-refractivity contribution in [1.29, 1.82) is 0 Å². The molecule has 0 unspecified atom stereocenters. The number of nitrogens with zero attached hydrogens (tertiary/aromatic N) is 2. The SMILES string of the molecule is CC(C)CCCCNc1nccn1C1CCCC1. The van der Waals surface area contributed by atoms with Crippen molar-refractivity contribution in [2.75, 3.05) is 11.9 Å². The highest BCUT2D eigenvalue weighted by molar-refractivity contribution is 5.26. The summed E-state index contributed by atoms with van der Waals surface area (Å²) in [4.78, 5) is 4.45. The summed E-state index contributed by atoms with van der Waals surface area (Å²) in [7, 11) is 0. The fraction of sp³-hybridized carbons (Fsp3) is 0.800. The first-order valence-corrected chi connectivity index (χ1v) is 7.54. The summed E-state index contributed by atoms with van der Waals surface area (Å²) in [6.07, 6.45) is 13.3. The minimum atomic E-state index is 0.686. The molecule has 1 aromatic rings. The molecule has 1 saturated carbocycles. The van der Waals surface area contributed by atoms with Crippen LogP contribution in [0.3, 0.4) is 0 Å². The molecule has 0 amide bonds. The molecule has 1 N–H and O–H groups in total. The van der Waals surface area contributed by atoms with Crippen LogP contribution in [0.5, 0.6) is 0 Å². The van der Waals surface area contributed by atoms with Gasteiger partial charge in [0.2, 0.25) is 5.95 Å². The van der Waals surface area contributed by atoms with Crippen molar-refractivity contribution >= 4 is 5.95 Å². The lowest BCUT2D eigenvalue weighted by Gasteiger charge is -2.15. The van der Waals surface area contributed by atoms with Gasteiger partial charge in [0.05, 0.1) is 0 Å². The van der Waals surface area contributed by atoms with Crippen LogP contribution in [0.25, 0.3) is 0 Å². The molecule has 0 radical (unpaired) electrons. The Morgan fingerprint density at radius 1 is 1.33 bits per heavy atom. The van der Waals surface area contributed by atoms with Crippen LogP contribution >= 0.6 is 0 Å².